The molecule has 1 aromatic heterocycles. The van der Waals surface area contributed by atoms with Crippen molar-refractivity contribution in [1.29, 1.82) is 0 Å². The Hall–Kier alpha value is -2.09. The number of urea groups is 1. The number of carboxylic acids is 1. The topological polar surface area (TPSA) is 110 Å². The predicted molar refractivity (Wildman–Crippen MR) is 73.6 cm³/mol. The molecule has 0 aromatic carbocycles. The molecule has 0 saturated heterocycles. The second kappa shape index (κ2) is 6.13. The number of aromatic nitrogens is 2. The van der Waals surface area contributed by atoms with Gasteiger partial charge in [-0.2, -0.15) is 0 Å². The van der Waals surface area contributed by atoms with Gasteiger partial charge >= 0.3 is 12.0 Å². The Morgan fingerprint density at radius 1 is 1.57 bits per heavy atom. The van der Waals surface area contributed by atoms with E-state index in [1.54, 1.807) is 0 Å². The summed E-state index contributed by atoms with van der Waals surface area (Å²) in [6.45, 7) is 3.85. The van der Waals surface area contributed by atoms with Gasteiger partial charge in [-0.3, -0.25) is 0 Å². The van der Waals surface area contributed by atoms with Crippen molar-refractivity contribution in [2.45, 2.75) is 38.9 Å². The number of amides is 2. The number of carbonyl (C=O) groups excluding carboxylic acids is 1. The van der Waals surface area contributed by atoms with Crippen LogP contribution in [0.5, 0.6) is 0 Å². The van der Waals surface area contributed by atoms with E-state index in [2.05, 4.69) is 9.97 Å². The molecule has 0 bridgehead atoms. The summed E-state index contributed by atoms with van der Waals surface area (Å²) in [5.74, 6) is -1.05. The normalized spacial score (nSPS) is 17.7. The number of fused-ring (bicyclic) bond motifs is 1. The molecule has 2 heterocycles. The first kappa shape index (κ1) is 15.3. The molecule has 2 amide bonds. The van der Waals surface area contributed by atoms with Crippen LogP contribution >= 0.6 is 0 Å². The van der Waals surface area contributed by atoms with Crippen molar-refractivity contribution in [3.63, 3.8) is 0 Å². The average Bonchev–Trinajstić information content (AvgIpc) is 2.89. The third-order valence-corrected chi connectivity index (χ3v) is 3.64. The zero-order valence-corrected chi connectivity index (χ0v) is 12.1. The van der Waals surface area contributed by atoms with E-state index >= 15 is 0 Å². The van der Waals surface area contributed by atoms with Crippen LogP contribution in [0.1, 0.15) is 25.2 Å². The van der Waals surface area contributed by atoms with E-state index in [4.69, 9.17) is 5.11 Å². The van der Waals surface area contributed by atoms with Gasteiger partial charge in [0.15, 0.2) is 0 Å². The van der Waals surface area contributed by atoms with Gasteiger partial charge in [-0.1, -0.05) is 0 Å². The lowest BCUT2D eigenvalue weighted by atomic mass is 10.0. The van der Waals surface area contributed by atoms with Crippen LogP contribution in [0.3, 0.4) is 0 Å². The molecule has 0 saturated carbocycles. The monoisotopic (exact) mass is 296 g/mol. The highest BCUT2D eigenvalue weighted by molar-refractivity contribution is 5.83. The quantitative estimate of drug-likeness (QED) is 0.727. The number of nitrogens with zero attached hydrogens (tertiary/aromatic N) is 3. The van der Waals surface area contributed by atoms with Crippen LogP contribution in [-0.4, -0.2) is 67.2 Å². The van der Waals surface area contributed by atoms with Gasteiger partial charge in [0.05, 0.1) is 30.9 Å². The third-order valence-electron chi connectivity index (χ3n) is 3.64. The van der Waals surface area contributed by atoms with Crippen molar-refractivity contribution in [3.05, 3.63) is 17.7 Å². The lowest BCUT2D eigenvalue weighted by Gasteiger charge is -2.37. The number of aliphatic hydroxyl groups excluding tert-OH is 1. The molecule has 8 heteroatoms. The smallest absolute Gasteiger partial charge is 0.326 e. The number of hydrogen-bond donors (Lipinski definition) is 3. The number of hydrogen-bond acceptors (Lipinski definition) is 4. The van der Waals surface area contributed by atoms with Crippen LogP contribution < -0.4 is 0 Å². The number of aliphatic hydroxyl groups is 1. The Balaban J connectivity index is 2.27. The van der Waals surface area contributed by atoms with E-state index in [0.717, 1.165) is 5.69 Å². The van der Waals surface area contributed by atoms with Crippen molar-refractivity contribution in [2.24, 2.45) is 0 Å². The van der Waals surface area contributed by atoms with Gasteiger partial charge in [-0.15, -0.1) is 0 Å². The van der Waals surface area contributed by atoms with Crippen LogP contribution in [0.4, 0.5) is 4.79 Å². The van der Waals surface area contributed by atoms with E-state index in [0.29, 0.717) is 5.69 Å². The molecule has 21 heavy (non-hydrogen) atoms. The third kappa shape index (κ3) is 2.99. The fourth-order valence-corrected chi connectivity index (χ4v) is 2.51. The molecule has 0 fully saturated rings. The second-order valence-electron chi connectivity index (χ2n) is 5.31. The highest BCUT2D eigenvalue weighted by Gasteiger charge is 2.38. The number of aliphatic carboxylic acids is 1. The summed E-state index contributed by atoms with van der Waals surface area (Å²) in [6.07, 6.45) is 1.69. The maximum atomic E-state index is 12.6. The summed E-state index contributed by atoms with van der Waals surface area (Å²) in [5.41, 5.74) is 1.44. The van der Waals surface area contributed by atoms with Crippen LogP contribution in [0.25, 0.3) is 0 Å². The number of aromatic amines is 1. The molecule has 0 aliphatic carbocycles. The summed E-state index contributed by atoms with van der Waals surface area (Å²) < 4.78 is 0. The van der Waals surface area contributed by atoms with Crippen LogP contribution in [-0.2, 0) is 17.8 Å². The Morgan fingerprint density at radius 2 is 2.29 bits per heavy atom. The van der Waals surface area contributed by atoms with Gasteiger partial charge in [0, 0.05) is 19.0 Å². The van der Waals surface area contributed by atoms with E-state index < -0.39 is 12.0 Å². The summed E-state index contributed by atoms with van der Waals surface area (Å²) in [7, 11) is 0. The largest absolute Gasteiger partial charge is 0.480 e. The second-order valence-corrected chi connectivity index (χ2v) is 5.31. The van der Waals surface area contributed by atoms with E-state index in [1.807, 2.05) is 13.8 Å². The van der Waals surface area contributed by atoms with Gasteiger partial charge in [0.1, 0.15) is 6.04 Å². The maximum Gasteiger partial charge on any atom is 0.326 e. The van der Waals surface area contributed by atoms with Crippen molar-refractivity contribution >= 4 is 12.0 Å². The predicted octanol–water partition coefficient (Wildman–Crippen LogP) is 0.0437. The number of imidazole rings is 1. The first-order chi connectivity index (χ1) is 9.95. The summed E-state index contributed by atoms with van der Waals surface area (Å²) in [4.78, 5) is 33.9. The molecule has 1 unspecified atom stereocenters. The van der Waals surface area contributed by atoms with Crippen LogP contribution in [0.15, 0.2) is 6.33 Å². The molecule has 0 radical (unpaired) electrons. The minimum Gasteiger partial charge on any atom is -0.480 e. The molecule has 3 N–H and O–H groups in total. The van der Waals surface area contributed by atoms with Gasteiger partial charge in [-0.05, 0) is 13.8 Å². The Kier molecular flexibility index (Phi) is 4.46. The Bertz CT molecular complexity index is 528. The van der Waals surface area contributed by atoms with Crippen molar-refractivity contribution < 1.29 is 19.8 Å². The van der Waals surface area contributed by atoms with E-state index in [9.17, 15) is 14.7 Å². The number of carbonyl (C=O) groups is 2. The van der Waals surface area contributed by atoms with Crippen LogP contribution in [0.2, 0.25) is 0 Å². The molecule has 1 aliphatic rings. The lowest BCUT2D eigenvalue weighted by Crippen LogP contribution is -2.55. The highest BCUT2D eigenvalue weighted by atomic mass is 16.4. The number of carboxylic acid groups (broad SMARTS) is 1. The van der Waals surface area contributed by atoms with Gasteiger partial charge in [0.2, 0.25) is 0 Å². The molecule has 8 nitrogen and oxygen atoms in total. The van der Waals surface area contributed by atoms with Gasteiger partial charge in [0.25, 0.3) is 0 Å². The molecule has 1 atom stereocenters. The van der Waals surface area contributed by atoms with Gasteiger partial charge in [-0.25, -0.2) is 14.6 Å². The van der Waals surface area contributed by atoms with Crippen molar-refractivity contribution in [3.8, 4) is 0 Å². The SMILES string of the molecule is CC(C)N(CCO)C(=O)N1Cc2[nH]cnc2CC1C(=O)O. The Labute approximate surface area is 122 Å². The van der Waals surface area contributed by atoms with Crippen LogP contribution in [0, 0.1) is 0 Å². The zero-order valence-electron chi connectivity index (χ0n) is 12.1. The minimum absolute atomic E-state index is 0.123. The number of rotatable bonds is 4. The molecule has 2 rings (SSSR count). The molecular weight excluding hydrogens is 276 g/mol. The molecule has 1 aromatic rings. The summed E-state index contributed by atoms with van der Waals surface area (Å²) in [6, 6.07) is -1.44. The number of nitrogens with one attached hydrogen (secondary N) is 1. The fraction of sp³-hybridized carbons (Fsp3) is 0.615. The maximum absolute atomic E-state index is 12.6. The number of H-pyrrole nitrogens is 1. The van der Waals surface area contributed by atoms with Crippen molar-refractivity contribution in [2.75, 3.05) is 13.2 Å². The molecule has 0 spiro atoms. The summed E-state index contributed by atoms with van der Waals surface area (Å²) >= 11 is 0. The highest BCUT2D eigenvalue weighted by Crippen LogP contribution is 2.22. The molecule has 1 aliphatic heterocycles. The Morgan fingerprint density at radius 3 is 2.86 bits per heavy atom. The fourth-order valence-electron chi connectivity index (χ4n) is 2.51. The van der Waals surface area contributed by atoms with E-state index in [1.165, 1.54) is 16.1 Å². The zero-order chi connectivity index (χ0) is 15.6. The molecular formula is C13H20N4O4. The average molecular weight is 296 g/mol. The first-order valence-electron chi connectivity index (χ1n) is 6.87. The van der Waals surface area contributed by atoms with Gasteiger partial charge < -0.3 is 25.0 Å². The lowest BCUT2D eigenvalue weighted by molar-refractivity contribution is -0.143. The summed E-state index contributed by atoms with van der Waals surface area (Å²) in [5, 5.41) is 18.5. The molecule has 116 valence electrons. The minimum atomic E-state index is -1.05. The van der Waals surface area contributed by atoms with E-state index in [-0.39, 0.29) is 38.2 Å². The standard InChI is InChI=1S/C13H20N4O4/c1-8(2)16(3-4-18)13(21)17-6-10-9(14-7-15-10)5-11(17)12(19)20/h7-8,11,18H,3-6H2,1-2H3,(H,14,15)(H,19,20). The van der Waals surface area contributed by atoms with Crippen molar-refractivity contribution in [1.82, 2.24) is 19.8 Å². The first-order valence-corrected chi connectivity index (χ1v) is 6.87.